The third-order valence-electron chi connectivity index (χ3n) is 2.88. The van der Waals surface area contributed by atoms with Crippen molar-refractivity contribution in [1.82, 2.24) is 15.1 Å². The van der Waals surface area contributed by atoms with Crippen LogP contribution in [0.5, 0.6) is 0 Å². The lowest BCUT2D eigenvalue weighted by atomic mass is 10.2. The maximum Gasteiger partial charge on any atom is 0.256 e. The molecule has 6 nitrogen and oxygen atoms in total. The van der Waals surface area contributed by atoms with E-state index in [-0.39, 0.29) is 19.0 Å². The second kappa shape index (κ2) is 4.38. The van der Waals surface area contributed by atoms with Crippen LogP contribution in [0.15, 0.2) is 6.07 Å². The van der Waals surface area contributed by atoms with Crippen LogP contribution >= 0.6 is 0 Å². The Hall–Kier alpha value is -1.53. The number of β-amino-alcohol motifs (C(OH)–C–C–N with tert-alkyl or cyclic N) is 2. The Bertz CT molecular complexity index is 440. The first kappa shape index (κ1) is 11.9. The summed E-state index contributed by atoms with van der Waals surface area (Å²) in [6, 6.07) is 1.67. The topological polar surface area (TPSA) is 86.6 Å². The van der Waals surface area contributed by atoms with E-state index in [4.69, 9.17) is 0 Å². The monoisotopic (exact) mass is 237 g/mol. The number of carbonyl (C=O) groups is 1. The molecule has 1 fully saturated rings. The summed E-state index contributed by atoms with van der Waals surface area (Å²) >= 11 is 0. The van der Waals surface area contributed by atoms with Crippen molar-refractivity contribution >= 4 is 5.91 Å². The first-order valence-electron chi connectivity index (χ1n) is 5.45. The zero-order valence-corrected chi connectivity index (χ0v) is 9.79. The van der Waals surface area contributed by atoms with Crippen LogP contribution in [-0.2, 0) is 0 Å². The molecule has 2 heterocycles. The number of hydrogen-bond acceptors (Lipinski definition) is 5. The van der Waals surface area contributed by atoms with Gasteiger partial charge in [0.15, 0.2) is 0 Å². The van der Waals surface area contributed by atoms with Gasteiger partial charge in [0.1, 0.15) is 0 Å². The second-order valence-corrected chi connectivity index (χ2v) is 4.33. The van der Waals surface area contributed by atoms with Crippen molar-refractivity contribution < 1.29 is 15.0 Å². The Balaban J connectivity index is 2.23. The molecule has 1 aromatic rings. The molecule has 0 aromatic carbocycles. The maximum atomic E-state index is 12.1. The molecule has 17 heavy (non-hydrogen) atoms. The third kappa shape index (κ3) is 2.27. The predicted octanol–water partition coefficient (Wildman–Crippen LogP) is -0.729. The van der Waals surface area contributed by atoms with Crippen LogP contribution in [0.1, 0.15) is 21.7 Å². The summed E-state index contributed by atoms with van der Waals surface area (Å²) < 4.78 is 0. The molecule has 1 amide bonds. The Kier molecular flexibility index (Phi) is 3.08. The molecule has 2 N–H and O–H groups in total. The summed E-state index contributed by atoms with van der Waals surface area (Å²) in [5.74, 6) is -0.226. The molecule has 0 spiro atoms. The molecular formula is C11H15N3O3. The van der Waals surface area contributed by atoms with Gasteiger partial charge < -0.3 is 15.1 Å². The van der Waals surface area contributed by atoms with Crippen LogP contribution in [0.3, 0.4) is 0 Å². The van der Waals surface area contributed by atoms with E-state index >= 15 is 0 Å². The van der Waals surface area contributed by atoms with Gasteiger partial charge in [-0.05, 0) is 19.9 Å². The highest BCUT2D eigenvalue weighted by Crippen LogP contribution is 2.15. The Morgan fingerprint density at radius 1 is 1.29 bits per heavy atom. The van der Waals surface area contributed by atoms with Crippen LogP contribution in [0.25, 0.3) is 0 Å². The SMILES string of the molecule is Cc1cc(C(=O)N2C[C@@H](O)[C@@H](O)C2)c(C)nn1. The number of aliphatic hydroxyl groups excluding tert-OH is 2. The van der Waals surface area contributed by atoms with Gasteiger partial charge >= 0.3 is 0 Å². The van der Waals surface area contributed by atoms with Gasteiger partial charge in [-0.3, -0.25) is 4.79 Å². The van der Waals surface area contributed by atoms with Gasteiger partial charge in [0.05, 0.1) is 29.2 Å². The summed E-state index contributed by atoms with van der Waals surface area (Å²) in [6.45, 7) is 3.78. The minimum absolute atomic E-state index is 0.154. The molecule has 0 radical (unpaired) electrons. The fourth-order valence-corrected chi connectivity index (χ4v) is 1.87. The molecule has 1 aliphatic heterocycles. The average Bonchev–Trinajstić information content (AvgIpc) is 2.62. The molecule has 2 rings (SSSR count). The fraction of sp³-hybridized carbons (Fsp3) is 0.545. The summed E-state index contributed by atoms with van der Waals surface area (Å²) in [5.41, 5.74) is 1.69. The molecule has 1 saturated heterocycles. The van der Waals surface area contributed by atoms with Crippen molar-refractivity contribution in [2.75, 3.05) is 13.1 Å². The summed E-state index contributed by atoms with van der Waals surface area (Å²) in [5, 5.41) is 26.6. The van der Waals surface area contributed by atoms with Gasteiger partial charge in [-0.1, -0.05) is 0 Å². The number of amides is 1. The molecule has 92 valence electrons. The van der Waals surface area contributed by atoms with Crippen LogP contribution in [0.2, 0.25) is 0 Å². The van der Waals surface area contributed by atoms with Gasteiger partial charge in [-0.25, -0.2) is 0 Å². The zero-order chi connectivity index (χ0) is 12.6. The lowest BCUT2D eigenvalue weighted by molar-refractivity contribution is 0.0572. The molecule has 6 heteroatoms. The van der Waals surface area contributed by atoms with Crippen molar-refractivity contribution in [3.63, 3.8) is 0 Å². The van der Waals surface area contributed by atoms with E-state index in [1.54, 1.807) is 19.9 Å². The quantitative estimate of drug-likeness (QED) is 0.672. The van der Waals surface area contributed by atoms with Crippen LogP contribution in [-0.4, -0.2) is 56.5 Å². The number of aliphatic hydroxyl groups is 2. The summed E-state index contributed by atoms with van der Waals surface area (Å²) in [7, 11) is 0. The van der Waals surface area contributed by atoms with E-state index in [1.807, 2.05) is 0 Å². The minimum atomic E-state index is -0.866. The third-order valence-corrected chi connectivity index (χ3v) is 2.88. The Morgan fingerprint density at radius 3 is 2.47 bits per heavy atom. The molecule has 0 aliphatic carbocycles. The Morgan fingerprint density at radius 2 is 1.88 bits per heavy atom. The van der Waals surface area contributed by atoms with Crippen molar-refractivity contribution in [1.29, 1.82) is 0 Å². The summed E-state index contributed by atoms with van der Waals surface area (Å²) in [4.78, 5) is 13.6. The molecule has 0 saturated carbocycles. The van der Waals surface area contributed by atoms with Crippen LogP contribution in [0.4, 0.5) is 0 Å². The molecule has 0 bridgehead atoms. The van der Waals surface area contributed by atoms with Crippen molar-refractivity contribution in [3.8, 4) is 0 Å². The van der Waals surface area contributed by atoms with E-state index in [1.165, 1.54) is 4.90 Å². The highest BCUT2D eigenvalue weighted by Gasteiger charge is 2.33. The number of rotatable bonds is 1. The fourth-order valence-electron chi connectivity index (χ4n) is 1.87. The number of aromatic nitrogens is 2. The minimum Gasteiger partial charge on any atom is -0.388 e. The lowest BCUT2D eigenvalue weighted by Gasteiger charge is -2.16. The van der Waals surface area contributed by atoms with E-state index in [0.717, 1.165) is 0 Å². The summed E-state index contributed by atoms with van der Waals surface area (Å²) in [6.07, 6.45) is -1.73. The molecule has 2 atom stereocenters. The van der Waals surface area contributed by atoms with Gasteiger partial charge in [-0.2, -0.15) is 10.2 Å². The van der Waals surface area contributed by atoms with E-state index < -0.39 is 12.2 Å². The predicted molar refractivity (Wildman–Crippen MR) is 59.4 cm³/mol. The maximum absolute atomic E-state index is 12.1. The highest BCUT2D eigenvalue weighted by molar-refractivity contribution is 5.95. The van der Waals surface area contributed by atoms with Crippen LogP contribution in [0, 0.1) is 13.8 Å². The van der Waals surface area contributed by atoms with Crippen molar-refractivity contribution in [2.24, 2.45) is 0 Å². The average molecular weight is 237 g/mol. The van der Waals surface area contributed by atoms with Gasteiger partial charge in [0, 0.05) is 13.1 Å². The van der Waals surface area contributed by atoms with E-state index in [0.29, 0.717) is 17.0 Å². The second-order valence-electron chi connectivity index (χ2n) is 4.33. The standard InChI is InChI=1S/C11H15N3O3/c1-6-3-8(7(2)13-12-6)11(17)14-4-9(15)10(16)5-14/h3,9-10,15-16H,4-5H2,1-2H3/t9-,10+. The number of hydrogen-bond donors (Lipinski definition) is 2. The molecule has 0 unspecified atom stereocenters. The normalized spacial score (nSPS) is 24.1. The van der Waals surface area contributed by atoms with E-state index in [9.17, 15) is 15.0 Å². The van der Waals surface area contributed by atoms with Gasteiger partial charge in [0.2, 0.25) is 0 Å². The van der Waals surface area contributed by atoms with E-state index in [2.05, 4.69) is 10.2 Å². The first-order valence-corrected chi connectivity index (χ1v) is 5.45. The zero-order valence-electron chi connectivity index (χ0n) is 9.79. The molecular weight excluding hydrogens is 222 g/mol. The molecule has 1 aliphatic rings. The number of carbonyl (C=O) groups excluding carboxylic acids is 1. The van der Waals surface area contributed by atoms with Crippen LogP contribution < -0.4 is 0 Å². The first-order chi connectivity index (χ1) is 7.99. The Labute approximate surface area is 98.9 Å². The number of likely N-dealkylation sites (tertiary alicyclic amines) is 1. The van der Waals surface area contributed by atoms with Gasteiger partial charge in [-0.15, -0.1) is 0 Å². The van der Waals surface area contributed by atoms with Crippen molar-refractivity contribution in [2.45, 2.75) is 26.1 Å². The smallest absolute Gasteiger partial charge is 0.256 e. The molecule has 1 aromatic heterocycles. The largest absolute Gasteiger partial charge is 0.388 e. The van der Waals surface area contributed by atoms with Crippen molar-refractivity contribution in [3.05, 3.63) is 23.0 Å². The van der Waals surface area contributed by atoms with Gasteiger partial charge in [0.25, 0.3) is 5.91 Å². The lowest BCUT2D eigenvalue weighted by Crippen LogP contribution is -2.30. The number of aryl methyl sites for hydroxylation is 2. The number of nitrogens with zero attached hydrogens (tertiary/aromatic N) is 3. The highest BCUT2D eigenvalue weighted by atomic mass is 16.3.